The van der Waals surface area contributed by atoms with E-state index in [2.05, 4.69) is 59.4 Å². The second-order valence-electron chi connectivity index (χ2n) is 7.14. The fraction of sp³-hybridized carbons (Fsp3) is 0.647. The summed E-state index contributed by atoms with van der Waals surface area (Å²) in [6.07, 6.45) is 5.09. The highest BCUT2D eigenvalue weighted by atomic mass is 79.9. The number of nitrogens with one attached hydrogen (secondary N) is 1. The standard InChI is InChI=1S/C17H24BrNO/c1-16(2)7-9-17(10-8-16)12-19-11-15(20-17)13-3-5-14(18)6-4-13/h3-6,15,19H,7-12H2,1-2H3. The zero-order valence-corrected chi connectivity index (χ0v) is 14.0. The van der Waals surface area contributed by atoms with Gasteiger partial charge in [-0.3, -0.25) is 0 Å². The predicted molar refractivity (Wildman–Crippen MR) is 85.8 cm³/mol. The zero-order chi connectivity index (χ0) is 14.2. The van der Waals surface area contributed by atoms with E-state index in [9.17, 15) is 0 Å². The lowest BCUT2D eigenvalue weighted by atomic mass is 9.70. The lowest BCUT2D eigenvalue weighted by molar-refractivity contribution is -0.147. The highest BCUT2D eigenvalue weighted by molar-refractivity contribution is 9.10. The van der Waals surface area contributed by atoms with Gasteiger partial charge in [0.05, 0.1) is 11.7 Å². The van der Waals surface area contributed by atoms with Gasteiger partial charge in [0.1, 0.15) is 0 Å². The second kappa shape index (κ2) is 5.43. The van der Waals surface area contributed by atoms with Gasteiger partial charge in [0.15, 0.2) is 0 Å². The van der Waals surface area contributed by atoms with Gasteiger partial charge in [-0.2, -0.15) is 0 Å². The molecule has 0 amide bonds. The van der Waals surface area contributed by atoms with Crippen molar-refractivity contribution in [2.75, 3.05) is 13.1 Å². The first-order valence-electron chi connectivity index (χ1n) is 7.62. The number of hydrogen-bond acceptors (Lipinski definition) is 2. The van der Waals surface area contributed by atoms with Crippen LogP contribution in [0.3, 0.4) is 0 Å². The molecule has 0 bridgehead atoms. The predicted octanol–water partition coefficient (Wildman–Crippen LogP) is 4.45. The Hall–Kier alpha value is -0.380. The minimum atomic E-state index is 0.0610. The first kappa shape index (κ1) is 14.6. The summed E-state index contributed by atoms with van der Waals surface area (Å²) in [5.41, 5.74) is 1.83. The van der Waals surface area contributed by atoms with E-state index in [4.69, 9.17) is 4.74 Å². The van der Waals surface area contributed by atoms with Crippen LogP contribution in [0.1, 0.15) is 51.2 Å². The number of halogens is 1. The van der Waals surface area contributed by atoms with Crippen LogP contribution in [0.2, 0.25) is 0 Å². The van der Waals surface area contributed by atoms with E-state index >= 15 is 0 Å². The van der Waals surface area contributed by atoms with Crippen LogP contribution in [-0.2, 0) is 4.74 Å². The topological polar surface area (TPSA) is 21.3 Å². The van der Waals surface area contributed by atoms with Gasteiger partial charge in [-0.25, -0.2) is 0 Å². The van der Waals surface area contributed by atoms with Crippen molar-refractivity contribution in [3.8, 4) is 0 Å². The van der Waals surface area contributed by atoms with Crippen molar-refractivity contribution in [1.82, 2.24) is 5.32 Å². The molecule has 1 saturated carbocycles. The Balaban J connectivity index is 1.72. The first-order chi connectivity index (χ1) is 9.48. The van der Waals surface area contributed by atoms with Crippen LogP contribution in [0.5, 0.6) is 0 Å². The van der Waals surface area contributed by atoms with Crippen LogP contribution in [-0.4, -0.2) is 18.7 Å². The Labute approximate surface area is 130 Å². The number of hydrogen-bond donors (Lipinski definition) is 1. The maximum atomic E-state index is 6.56. The third kappa shape index (κ3) is 3.10. The molecule has 1 saturated heterocycles. The molecule has 1 aromatic carbocycles. The molecule has 3 heteroatoms. The van der Waals surface area contributed by atoms with Crippen LogP contribution in [0, 0.1) is 5.41 Å². The van der Waals surface area contributed by atoms with Crippen molar-refractivity contribution < 1.29 is 4.74 Å². The van der Waals surface area contributed by atoms with Crippen molar-refractivity contribution in [2.24, 2.45) is 5.41 Å². The molecule has 1 aromatic rings. The fourth-order valence-corrected chi connectivity index (χ4v) is 3.62. The molecule has 110 valence electrons. The molecule has 1 spiro atoms. The Morgan fingerprint density at radius 3 is 2.40 bits per heavy atom. The van der Waals surface area contributed by atoms with E-state index in [1.54, 1.807) is 0 Å². The summed E-state index contributed by atoms with van der Waals surface area (Å²) in [4.78, 5) is 0. The molecule has 2 fully saturated rings. The maximum absolute atomic E-state index is 6.56. The van der Waals surface area contributed by atoms with Crippen molar-refractivity contribution in [1.29, 1.82) is 0 Å². The Kier molecular flexibility index (Phi) is 3.95. The normalized spacial score (nSPS) is 28.4. The maximum Gasteiger partial charge on any atom is 0.0957 e. The van der Waals surface area contributed by atoms with E-state index in [1.165, 1.54) is 31.2 Å². The van der Waals surface area contributed by atoms with Gasteiger partial charge in [-0.15, -0.1) is 0 Å². The smallest absolute Gasteiger partial charge is 0.0957 e. The summed E-state index contributed by atoms with van der Waals surface area (Å²) in [5, 5.41) is 3.60. The molecule has 1 N–H and O–H groups in total. The van der Waals surface area contributed by atoms with E-state index < -0.39 is 0 Å². The summed E-state index contributed by atoms with van der Waals surface area (Å²) in [7, 11) is 0. The van der Waals surface area contributed by atoms with E-state index in [0.29, 0.717) is 5.41 Å². The minimum Gasteiger partial charge on any atom is -0.364 e. The highest BCUT2D eigenvalue weighted by Crippen LogP contribution is 2.44. The summed E-state index contributed by atoms with van der Waals surface area (Å²) in [5.74, 6) is 0. The van der Waals surface area contributed by atoms with E-state index in [1.807, 2.05) is 0 Å². The molecule has 3 rings (SSSR count). The quantitative estimate of drug-likeness (QED) is 0.817. The zero-order valence-electron chi connectivity index (χ0n) is 12.4. The van der Waals surface area contributed by atoms with Crippen LogP contribution < -0.4 is 5.32 Å². The van der Waals surface area contributed by atoms with Gasteiger partial charge in [-0.1, -0.05) is 41.9 Å². The lowest BCUT2D eigenvalue weighted by Crippen LogP contribution is -2.53. The summed E-state index contributed by atoms with van der Waals surface area (Å²) in [6.45, 7) is 6.69. The number of rotatable bonds is 1. The molecule has 2 nitrogen and oxygen atoms in total. The summed E-state index contributed by atoms with van der Waals surface area (Å²) < 4.78 is 7.68. The average molecular weight is 338 g/mol. The molecule has 1 aliphatic carbocycles. The third-order valence-electron chi connectivity index (χ3n) is 4.93. The lowest BCUT2D eigenvalue weighted by Gasteiger charge is -2.48. The molecule has 0 radical (unpaired) electrons. The van der Waals surface area contributed by atoms with Crippen LogP contribution in [0.25, 0.3) is 0 Å². The van der Waals surface area contributed by atoms with Gasteiger partial charge in [-0.05, 0) is 48.8 Å². The SMILES string of the molecule is CC1(C)CCC2(CC1)CNCC(c1ccc(Br)cc1)O2. The van der Waals surface area contributed by atoms with Gasteiger partial charge in [0, 0.05) is 17.6 Å². The largest absolute Gasteiger partial charge is 0.364 e. The average Bonchev–Trinajstić information content (AvgIpc) is 2.44. The summed E-state index contributed by atoms with van der Waals surface area (Å²) in [6, 6.07) is 8.54. The van der Waals surface area contributed by atoms with Gasteiger partial charge < -0.3 is 10.1 Å². The Morgan fingerprint density at radius 1 is 1.10 bits per heavy atom. The number of benzene rings is 1. The van der Waals surface area contributed by atoms with E-state index in [0.717, 1.165) is 17.6 Å². The molecule has 1 aliphatic heterocycles. The minimum absolute atomic E-state index is 0.0610. The van der Waals surface area contributed by atoms with Gasteiger partial charge >= 0.3 is 0 Å². The molecule has 20 heavy (non-hydrogen) atoms. The molecule has 1 unspecified atom stereocenters. The van der Waals surface area contributed by atoms with Gasteiger partial charge in [0.25, 0.3) is 0 Å². The van der Waals surface area contributed by atoms with E-state index in [-0.39, 0.29) is 11.7 Å². The first-order valence-corrected chi connectivity index (χ1v) is 8.41. The van der Waals surface area contributed by atoms with Crippen LogP contribution in [0.4, 0.5) is 0 Å². The monoisotopic (exact) mass is 337 g/mol. The van der Waals surface area contributed by atoms with Crippen molar-refractivity contribution >= 4 is 15.9 Å². The van der Waals surface area contributed by atoms with Crippen LogP contribution in [0.15, 0.2) is 28.7 Å². The second-order valence-corrected chi connectivity index (χ2v) is 8.05. The van der Waals surface area contributed by atoms with Crippen molar-refractivity contribution in [3.05, 3.63) is 34.3 Å². The Bertz CT molecular complexity index is 458. The number of ether oxygens (including phenoxy) is 1. The number of morpholine rings is 1. The molecular formula is C17H24BrNO. The summed E-state index contributed by atoms with van der Waals surface area (Å²) >= 11 is 3.50. The molecule has 1 atom stereocenters. The molecule has 1 heterocycles. The fourth-order valence-electron chi connectivity index (χ4n) is 3.36. The Morgan fingerprint density at radius 2 is 1.75 bits per heavy atom. The van der Waals surface area contributed by atoms with Crippen LogP contribution >= 0.6 is 15.9 Å². The van der Waals surface area contributed by atoms with Crippen molar-refractivity contribution in [3.63, 3.8) is 0 Å². The van der Waals surface area contributed by atoms with Gasteiger partial charge in [0.2, 0.25) is 0 Å². The third-order valence-corrected chi connectivity index (χ3v) is 5.45. The molecule has 2 aliphatic rings. The highest BCUT2D eigenvalue weighted by Gasteiger charge is 2.42. The van der Waals surface area contributed by atoms with Crippen molar-refractivity contribution in [2.45, 2.75) is 51.2 Å². The molecular weight excluding hydrogens is 314 g/mol. The molecule has 0 aromatic heterocycles.